The summed E-state index contributed by atoms with van der Waals surface area (Å²) in [5, 5.41) is 1.05. The molecule has 0 bridgehead atoms. The summed E-state index contributed by atoms with van der Waals surface area (Å²) in [5.41, 5.74) is 2.44. The van der Waals surface area contributed by atoms with Gasteiger partial charge in [-0.1, -0.05) is 80.4 Å². The third-order valence-corrected chi connectivity index (χ3v) is 6.40. The zero-order chi connectivity index (χ0) is 25.0. The highest BCUT2D eigenvalue weighted by Gasteiger charge is 2.34. The Hall–Kier alpha value is -3.21. The van der Waals surface area contributed by atoms with Gasteiger partial charge in [0.1, 0.15) is 11.6 Å². The average Bonchev–Trinajstić information content (AvgIpc) is 2.83. The first-order chi connectivity index (χ1) is 16.8. The van der Waals surface area contributed by atoms with Gasteiger partial charge in [-0.2, -0.15) is 13.2 Å². The molecular weight excluding hydrogens is 455 g/mol. The van der Waals surface area contributed by atoms with Crippen LogP contribution in [0, 0.1) is 11.6 Å². The molecule has 0 aliphatic carbocycles. The number of alkyl halides is 3. The van der Waals surface area contributed by atoms with Crippen molar-refractivity contribution in [3.63, 3.8) is 0 Å². The van der Waals surface area contributed by atoms with Crippen LogP contribution < -0.4 is 0 Å². The van der Waals surface area contributed by atoms with E-state index in [0.717, 1.165) is 37.0 Å². The van der Waals surface area contributed by atoms with Gasteiger partial charge in [-0.05, 0) is 65.5 Å². The highest BCUT2D eigenvalue weighted by Crippen LogP contribution is 2.35. The van der Waals surface area contributed by atoms with Gasteiger partial charge in [-0.25, -0.2) is 8.78 Å². The molecule has 0 aliphatic heterocycles. The topological polar surface area (TPSA) is 0 Å². The van der Waals surface area contributed by atoms with E-state index in [0.29, 0.717) is 16.8 Å². The van der Waals surface area contributed by atoms with E-state index in [1.165, 1.54) is 36.5 Å². The van der Waals surface area contributed by atoms with E-state index in [1.807, 2.05) is 12.1 Å². The lowest BCUT2D eigenvalue weighted by molar-refractivity contribution is -0.139. The average molecular weight is 483 g/mol. The van der Waals surface area contributed by atoms with Crippen LogP contribution in [0.3, 0.4) is 0 Å². The van der Waals surface area contributed by atoms with Crippen molar-refractivity contribution in [3.05, 3.63) is 107 Å². The fraction of sp³-hybridized carbons (Fsp3) is 0.267. The zero-order valence-electron chi connectivity index (χ0n) is 19.6. The molecule has 0 spiro atoms. The third-order valence-electron chi connectivity index (χ3n) is 6.40. The summed E-state index contributed by atoms with van der Waals surface area (Å²) in [6.45, 7) is 2.20. The Bertz CT molecular complexity index is 1300. The second kappa shape index (κ2) is 10.6. The first-order valence-electron chi connectivity index (χ1n) is 11.9. The molecule has 35 heavy (non-hydrogen) atoms. The zero-order valence-corrected chi connectivity index (χ0v) is 19.6. The first kappa shape index (κ1) is 24.9. The minimum Gasteiger partial charge on any atom is -0.206 e. The van der Waals surface area contributed by atoms with Crippen LogP contribution in [0.4, 0.5) is 22.0 Å². The molecule has 0 fully saturated rings. The number of hydrogen-bond acceptors (Lipinski definition) is 0. The number of rotatable bonds is 8. The number of fused-ring (bicyclic) bond motifs is 1. The summed E-state index contributed by atoms with van der Waals surface area (Å²) in [4.78, 5) is 0. The summed E-state index contributed by atoms with van der Waals surface area (Å²) in [7, 11) is 0. The fourth-order valence-corrected chi connectivity index (χ4v) is 4.37. The lowest BCUT2D eigenvalue weighted by atomic mass is 9.96. The van der Waals surface area contributed by atoms with Crippen molar-refractivity contribution in [1.29, 1.82) is 0 Å². The standard InChI is InChI=1S/C30H27F5/c1-2-3-4-5-20-6-8-21(9-7-20)10-11-22-12-15-25-23(18-22)13-16-26(29(25)32)24-14-17-27(28(31)19-24)30(33,34)35/h6-9,12-19H,2-5,10-11H2,1H3. The largest absolute Gasteiger partial charge is 0.419 e. The molecule has 5 heteroatoms. The van der Waals surface area contributed by atoms with Crippen LogP contribution in [0.5, 0.6) is 0 Å². The molecule has 4 aromatic carbocycles. The number of unbranched alkanes of at least 4 members (excludes halogenated alkanes) is 2. The van der Waals surface area contributed by atoms with Crippen molar-refractivity contribution in [3.8, 4) is 11.1 Å². The molecule has 0 saturated heterocycles. The van der Waals surface area contributed by atoms with Gasteiger partial charge in [-0.3, -0.25) is 0 Å². The van der Waals surface area contributed by atoms with E-state index in [1.54, 1.807) is 12.1 Å². The predicted octanol–water partition coefficient (Wildman–Crippen LogP) is 9.32. The van der Waals surface area contributed by atoms with Crippen LogP contribution in [0.25, 0.3) is 21.9 Å². The van der Waals surface area contributed by atoms with Gasteiger partial charge in [0.15, 0.2) is 0 Å². The molecule has 0 N–H and O–H groups in total. The minimum atomic E-state index is -4.79. The Morgan fingerprint density at radius 3 is 1.97 bits per heavy atom. The van der Waals surface area contributed by atoms with Crippen LogP contribution in [-0.4, -0.2) is 0 Å². The molecular formula is C30H27F5. The number of halogens is 5. The van der Waals surface area contributed by atoms with Crippen LogP contribution in [-0.2, 0) is 25.4 Å². The number of benzene rings is 4. The lowest BCUT2D eigenvalue weighted by Crippen LogP contribution is -2.07. The lowest BCUT2D eigenvalue weighted by Gasteiger charge is -2.12. The Morgan fingerprint density at radius 2 is 1.31 bits per heavy atom. The highest BCUT2D eigenvalue weighted by atomic mass is 19.4. The van der Waals surface area contributed by atoms with Crippen molar-refractivity contribution in [2.24, 2.45) is 0 Å². The maximum atomic E-state index is 15.2. The molecule has 4 rings (SSSR count). The van der Waals surface area contributed by atoms with Gasteiger partial charge in [0.25, 0.3) is 0 Å². The Balaban J connectivity index is 1.49. The molecule has 0 aliphatic rings. The summed E-state index contributed by atoms with van der Waals surface area (Å²) >= 11 is 0. The molecule has 0 unspecified atom stereocenters. The summed E-state index contributed by atoms with van der Waals surface area (Å²) in [5.74, 6) is -1.99. The molecule has 182 valence electrons. The van der Waals surface area contributed by atoms with Gasteiger partial charge in [-0.15, -0.1) is 0 Å². The monoisotopic (exact) mass is 482 g/mol. The Kier molecular flexibility index (Phi) is 7.54. The highest BCUT2D eigenvalue weighted by molar-refractivity contribution is 5.88. The van der Waals surface area contributed by atoms with Gasteiger partial charge in [0.2, 0.25) is 0 Å². The smallest absolute Gasteiger partial charge is 0.206 e. The number of aryl methyl sites for hydroxylation is 3. The molecule has 0 radical (unpaired) electrons. The Labute approximate surface area is 202 Å². The Morgan fingerprint density at radius 1 is 0.657 bits per heavy atom. The minimum absolute atomic E-state index is 0.0666. The quantitative estimate of drug-likeness (QED) is 0.173. The van der Waals surface area contributed by atoms with Crippen molar-refractivity contribution in [1.82, 2.24) is 0 Å². The van der Waals surface area contributed by atoms with Gasteiger partial charge < -0.3 is 0 Å². The SMILES string of the molecule is CCCCCc1ccc(CCc2ccc3c(F)c(-c4ccc(C(F)(F)F)c(F)c4)ccc3c2)cc1. The van der Waals surface area contributed by atoms with E-state index in [-0.39, 0.29) is 11.1 Å². The summed E-state index contributed by atoms with van der Waals surface area (Å²) in [6.07, 6.45) is 1.64. The second-order valence-electron chi connectivity index (χ2n) is 8.95. The second-order valence-corrected chi connectivity index (χ2v) is 8.95. The summed E-state index contributed by atoms with van der Waals surface area (Å²) in [6, 6.07) is 19.9. The van der Waals surface area contributed by atoms with Crippen LogP contribution in [0.15, 0.2) is 72.8 Å². The van der Waals surface area contributed by atoms with Gasteiger partial charge >= 0.3 is 6.18 Å². The molecule has 0 saturated carbocycles. The molecule has 0 heterocycles. The van der Waals surface area contributed by atoms with Crippen molar-refractivity contribution in [2.75, 3.05) is 0 Å². The van der Waals surface area contributed by atoms with Crippen LogP contribution >= 0.6 is 0 Å². The molecule has 0 atom stereocenters. The first-order valence-corrected chi connectivity index (χ1v) is 11.9. The van der Waals surface area contributed by atoms with Crippen LogP contribution in [0.2, 0.25) is 0 Å². The van der Waals surface area contributed by atoms with E-state index in [9.17, 15) is 17.6 Å². The van der Waals surface area contributed by atoms with Gasteiger partial charge in [0.05, 0.1) is 5.56 Å². The normalized spacial score (nSPS) is 11.8. The van der Waals surface area contributed by atoms with E-state index in [4.69, 9.17) is 0 Å². The van der Waals surface area contributed by atoms with E-state index < -0.39 is 23.4 Å². The predicted molar refractivity (Wildman–Crippen MR) is 131 cm³/mol. The molecule has 0 nitrogen and oxygen atoms in total. The van der Waals surface area contributed by atoms with Crippen molar-refractivity contribution in [2.45, 2.75) is 51.6 Å². The maximum absolute atomic E-state index is 15.2. The van der Waals surface area contributed by atoms with Crippen molar-refractivity contribution >= 4 is 10.8 Å². The van der Waals surface area contributed by atoms with E-state index in [2.05, 4.69) is 31.2 Å². The number of hydrogen-bond donors (Lipinski definition) is 0. The molecule has 0 amide bonds. The van der Waals surface area contributed by atoms with Gasteiger partial charge in [0, 0.05) is 10.9 Å². The maximum Gasteiger partial charge on any atom is 0.419 e. The molecule has 0 aromatic heterocycles. The summed E-state index contributed by atoms with van der Waals surface area (Å²) < 4.78 is 67.7. The molecule has 4 aromatic rings. The fourth-order valence-electron chi connectivity index (χ4n) is 4.37. The van der Waals surface area contributed by atoms with E-state index >= 15 is 4.39 Å². The van der Waals surface area contributed by atoms with Crippen LogP contribution in [0.1, 0.15) is 48.4 Å². The third kappa shape index (κ3) is 5.90. The van der Waals surface area contributed by atoms with Crippen molar-refractivity contribution < 1.29 is 22.0 Å².